The van der Waals surface area contributed by atoms with Crippen LogP contribution in [-0.4, -0.2) is 34.3 Å². The van der Waals surface area contributed by atoms with Gasteiger partial charge in [0.1, 0.15) is 16.5 Å². The summed E-state index contributed by atoms with van der Waals surface area (Å²) in [7, 11) is 6.43. The maximum atomic E-state index is 13.7. The summed E-state index contributed by atoms with van der Waals surface area (Å²) in [6, 6.07) is 11.2. The van der Waals surface area contributed by atoms with Crippen LogP contribution < -0.4 is 29.6 Å². The smallest absolute Gasteiger partial charge is 0.259 e. The standard InChI is InChI=1S/C27H32N2O5S/c1-31-18-11-13-21(32-2)20(15-18)29-26(30)25-19-8-6-5-7-9-24(19)35-27(25)28-16-17-10-12-22(33-3)23(14-17)34-4/h10-15,28H,5-9,16H2,1-4H3,(H,29,30). The molecule has 0 unspecified atom stereocenters. The summed E-state index contributed by atoms with van der Waals surface area (Å²) in [4.78, 5) is 15.0. The second kappa shape index (κ2) is 11.4. The lowest BCUT2D eigenvalue weighted by Gasteiger charge is -2.14. The average molecular weight is 497 g/mol. The van der Waals surface area contributed by atoms with E-state index in [1.54, 1.807) is 58.0 Å². The van der Waals surface area contributed by atoms with Gasteiger partial charge in [-0.05, 0) is 61.1 Å². The highest BCUT2D eigenvalue weighted by Gasteiger charge is 2.25. The molecule has 0 spiro atoms. The van der Waals surface area contributed by atoms with E-state index in [1.807, 2.05) is 18.2 Å². The number of nitrogens with one attached hydrogen (secondary N) is 2. The number of hydrogen-bond acceptors (Lipinski definition) is 7. The number of methoxy groups -OCH3 is 4. The van der Waals surface area contributed by atoms with Crippen molar-refractivity contribution in [1.29, 1.82) is 0 Å². The lowest BCUT2D eigenvalue weighted by Crippen LogP contribution is -2.16. The summed E-state index contributed by atoms with van der Waals surface area (Å²) in [5.74, 6) is 2.45. The molecule has 0 saturated heterocycles. The molecule has 0 fully saturated rings. The molecule has 1 aliphatic rings. The van der Waals surface area contributed by atoms with Crippen LogP contribution in [0.15, 0.2) is 36.4 Å². The molecule has 0 saturated carbocycles. The fourth-order valence-corrected chi connectivity index (χ4v) is 5.66. The number of carbonyl (C=O) groups is 1. The topological polar surface area (TPSA) is 78.1 Å². The Morgan fingerprint density at radius 3 is 2.34 bits per heavy atom. The highest BCUT2D eigenvalue weighted by Crippen LogP contribution is 2.39. The molecule has 4 rings (SSSR count). The van der Waals surface area contributed by atoms with E-state index in [9.17, 15) is 4.79 Å². The predicted molar refractivity (Wildman–Crippen MR) is 140 cm³/mol. The number of thiophene rings is 1. The van der Waals surface area contributed by atoms with Crippen LogP contribution >= 0.6 is 11.3 Å². The molecule has 0 bridgehead atoms. The number of aryl methyl sites for hydroxylation is 1. The summed E-state index contributed by atoms with van der Waals surface area (Å²) in [6.07, 6.45) is 5.32. The summed E-state index contributed by atoms with van der Waals surface area (Å²) in [6.45, 7) is 0.558. The Morgan fingerprint density at radius 2 is 1.60 bits per heavy atom. The molecular weight excluding hydrogens is 464 g/mol. The number of anilines is 2. The van der Waals surface area contributed by atoms with Gasteiger partial charge in [-0.3, -0.25) is 4.79 Å². The van der Waals surface area contributed by atoms with Crippen molar-refractivity contribution in [1.82, 2.24) is 0 Å². The molecule has 3 aromatic rings. The number of rotatable bonds is 9. The summed E-state index contributed by atoms with van der Waals surface area (Å²) in [5.41, 5.74) is 3.49. The number of benzene rings is 2. The fraction of sp³-hybridized carbons (Fsp3) is 0.370. The minimum absolute atomic E-state index is 0.147. The van der Waals surface area contributed by atoms with Gasteiger partial charge in [-0.25, -0.2) is 0 Å². The first-order chi connectivity index (χ1) is 17.1. The number of fused-ring (bicyclic) bond motifs is 1. The van der Waals surface area contributed by atoms with E-state index in [4.69, 9.17) is 18.9 Å². The van der Waals surface area contributed by atoms with Crippen LogP contribution in [0.3, 0.4) is 0 Å². The lowest BCUT2D eigenvalue weighted by atomic mass is 10.0. The van der Waals surface area contributed by atoms with Crippen LogP contribution in [0, 0.1) is 0 Å². The number of carbonyl (C=O) groups excluding carboxylic acids is 1. The minimum atomic E-state index is -0.147. The van der Waals surface area contributed by atoms with Crippen molar-refractivity contribution in [3.8, 4) is 23.0 Å². The second-order valence-corrected chi connectivity index (χ2v) is 9.44. The van der Waals surface area contributed by atoms with Gasteiger partial charge >= 0.3 is 0 Å². The molecule has 8 heteroatoms. The van der Waals surface area contributed by atoms with Gasteiger partial charge < -0.3 is 29.6 Å². The van der Waals surface area contributed by atoms with Crippen molar-refractivity contribution in [2.75, 3.05) is 39.1 Å². The van der Waals surface area contributed by atoms with E-state index in [1.165, 1.54) is 11.3 Å². The first-order valence-electron chi connectivity index (χ1n) is 11.7. The highest BCUT2D eigenvalue weighted by atomic mass is 32.1. The van der Waals surface area contributed by atoms with Gasteiger partial charge in [-0.2, -0.15) is 0 Å². The van der Waals surface area contributed by atoms with Crippen molar-refractivity contribution < 1.29 is 23.7 Å². The molecule has 0 radical (unpaired) electrons. The number of amides is 1. The molecular formula is C27H32N2O5S. The van der Waals surface area contributed by atoms with Crippen LogP contribution in [0.4, 0.5) is 10.7 Å². The average Bonchev–Trinajstić information content (AvgIpc) is 3.08. The van der Waals surface area contributed by atoms with Crippen LogP contribution in [0.1, 0.15) is 45.6 Å². The largest absolute Gasteiger partial charge is 0.497 e. The van der Waals surface area contributed by atoms with E-state index in [0.717, 1.165) is 47.4 Å². The Balaban J connectivity index is 1.64. The van der Waals surface area contributed by atoms with Gasteiger partial charge in [0, 0.05) is 17.5 Å². The zero-order chi connectivity index (χ0) is 24.8. The van der Waals surface area contributed by atoms with Gasteiger partial charge in [0.15, 0.2) is 11.5 Å². The van der Waals surface area contributed by atoms with Crippen molar-refractivity contribution >= 4 is 27.9 Å². The number of hydrogen-bond donors (Lipinski definition) is 2. The van der Waals surface area contributed by atoms with Gasteiger partial charge in [-0.1, -0.05) is 12.5 Å². The molecule has 0 aliphatic heterocycles. The third-order valence-electron chi connectivity index (χ3n) is 6.20. The first kappa shape index (κ1) is 24.7. The van der Waals surface area contributed by atoms with Gasteiger partial charge in [-0.15, -0.1) is 11.3 Å². The van der Waals surface area contributed by atoms with E-state index < -0.39 is 0 Å². The molecule has 1 aromatic heterocycles. The monoisotopic (exact) mass is 496 g/mol. The van der Waals surface area contributed by atoms with Crippen molar-refractivity contribution in [3.05, 3.63) is 58.0 Å². The maximum Gasteiger partial charge on any atom is 0.259 e. The van der Waals surface area contributed by atoms with E-state index in [-0.39, 0.29) is 5.91 Å². The van der Waals surface area contributed by atoms with Crippen LogP contribution in [-0.2, 0) is 19.4 Å². The quantitative estimate of drug-likeness (QED) is 0.358. The van der Waals surface area contributed by atoms with Gasteiger partial charge in [0.25, 0.3) is 5.91 Å². The molecule has 35 heavy (non-hydrogen) atoms. The normalized spacial score (nSPS) is 12.8. The minimum Gasteiger partial charge on any atom is -0.497 e. The molecule has 1 heterocycles. The van der Waals surface area contributed by atoms with Crippen molar-refractivity contribution in [2.45, 2.75) is 38.6 Å². The van der Waals surface area contributed by atoms with Crippen LogP contribution in [0.25, 0.3) is 0 Å². The summed E-state index contributed by atoms with van der Waals surface area (Å²) < 4.78 is 21.6. The Morgan fingerprint density at radius 1 is 0.857 bits per heavy atom. The summed E-state index contributed by atoms with van der Waals surface area (Å²) >= 11 is 1.68. The third-order valence-corrected chi connectivity index (χ3v) is 7.45. The lowest BCUT2D eigenvalue weighted by molar-refractivity contribution is 0.102. The van der Waals surface area contributed by atoms with E-state index in [2.05, 4.69) is 10.6 Å². The van der Waals surface area contributed by atoms with Gasteiger partial charge in [0.05, 0.1) is 39.7 Å². The van der Waals surface area contributed by atoms with Gasteiger partial charge in [0.2, 0.25) is 0 Å². The van der Waals surface area contributed by atoms with E-state index >= 15 is 0 Å². The van der Waals surface area contributed by atoms with Crippen molar-refractivity contribution in [2.24, 2.45) is 0 Å². The van der Waals surface area contributed by atoms with Crippen molar-refractivity contribution in [3.63, 3.8) is 0 Å². The zero-order valence-electron chi connectivity index (χ0n) is 20.7. The SMILES string of the molecule is COc1ccc(OC)c(NC(=O)c2c(NCc3ccc(OC)c(OC)c3)sc3c2CCCCC3)c1. The Hall–Kier alpha value is -3.39. The van der Waals surface area contributed by atoms with Crippen LogP contribution in [0.5, 0.6) is 23.0 Å². The number of ether oxygens (including phenoxy) is 4. The molecule has 2 N–H and O–H groups in total. The third kappa shape index (κ3) is 5.48. The summed E-state index contributed by atoms with van der Waals surface area (Å²) in [5, 5.41) is 7.47. The predicted octanol–water partition coefficient (Wildman–Crippen LogP) is 5.92. The molecule has 0 atom stereocenters. The first-order valence-corrected chi connectivity index (χ1v) is 12.5. The fourth-order valence-electron chi connectivity index (χ4n) is 4.38. The Kier molecular flexibility index (Phi) is 8.02. The molecule has 1 amide bonds. The highest BCUT2D eigenvalue weighted by molar-refractivity contribution is 7.16. The van der Waals surface area contributed by atoms with E-state index in [0.29, 0.717) is 35.2 Å². The zero-order valence-corrected chi connectivity index (χ0v) is 21.5. The molecule has 2 aromatic carbocycles. The molecule has 7 nitrogen and oxygen atoms in total. The Labute approximate surface area is 210 Å². The maximum absolute atomic E-state index is 13.7. The second-order valence-electron chi connectivity index (χ2n) is 8.33. The molecule has 186 valence electrons. The Bertz CT molecular complexity index is 1190. The molecule has 1 aliphatic carbocycles. The van der Waals surface area contributed by atoms with Crippen LogP contribution in [0.2, 0.25) is 0 Å².